The van der Waals surface area contributed by atoms with Gasteiger partial charge in [-0.3, -0.25) is 0 Å². The molecule has 0 unspecified atom stereocenters. The van der Waals surface area contributed by atoms with Gasteiger partial charge in [0, 0.05) is 24.5 Å². The average molecular weight is 439 g/mol. The summed E-state index contributed by atoms with van der Waals surface area (Å²) in [5.41, 5.74) is -2.11. The van der Waals surface area contributed by atoms with E-state index in [1.165, 1.54) is 19.1 Å². The second-order valence-electron chi connectivity index (χ2n) is 6.96. The Hall–Kier alpha value is -3.41. The summed E-state index contributed by atoms with van der Waals surface area (Å²) in [4.78, 5) is 19.2. The maximum absolute atomic E-state index is 13.5. The zero-order valence-electron chi connectivity index (χ0n) is 17.0. The average Bonchev–Trinajstić information content (AvgIpc) is 2.65. The van der Waals surface area contributed by atoms with Crippen LogP contribution in [-0.4, -0.2) is 43.2 Å². The number of nitrogens with one attached hydrogen (secondary N) is 2. The molecule has 0 atom stereocenters. The molecule has 2 aromatic rings. The highest BCUT2D eigenvalue weighted by Gasteiger charge is 2.32. The van der Waals surface area contributed by atoms with Gasteiger partial charge in [0.2, 0.25) is 17.9 Å². The molecule has 8 nitrogen and oxygen atoms in total. The first-order valence-corrected chi connectivity index (χ1v) is 8.94. The SMILES string of the molecule is C=CN=C(F)/C=C(\C)Nc1nc(NCC(C)(C)O)nc(-c2cccc(C(F)(F)F)n2)n1. The van der Waals surface area contributed by atoms with E-state index in [0.29, 0.717) is 0 Å². The molecular formula is C19H21F4N7O. The van der Waals surface area contributed by atoms with E-state index in [1.54, 1.807) is 13.8 Å². The van der Waals surface area contributed by atoms with Crippen molar-refractivity contribution in [3.8, 4) is 11.5 Å². The molecular weight excluding hydrogens is 418 g/mol. The largest absolute Gasteiger partial charge is 0.433 e. The number of halogens is 4. The van der Waals surface area contributed by atoms with Crippen molar-refractivity contribution in [2.45, 2.75) is 32.5 Å². The van der Waals surface area contributed by atoms with Gasteiger partial charge in [0.1, 0.15) is 11.4 Å². The van der Waals surface area contributed by atoms with Gasteiger partial charge >= 0.3 is 6.18 Å². The molecule has 0 saturated carbocycles. The van der Waals surface area contributed by atoms with Crippen molar-refractivity contribution < 1.29 is 22.7 Å². The molecule has 0 aromatic carbocycles. The van der Waals surface area contributed by atoms with E-state index in [1.807, 2.05) is 0 Å². The van der Waals surface area contributed by atoms with Crippen LogP contribution in [0.15, 0.2) is 47.7 Å². The lowest BCUT2D eigenvalue weighted by Crippen LogP contribution is -2.30. The maximum atomic E-state index is 13.5. The van der Waals surface area contributed by atoms with Gasteiger partial charge in [-0.25, -0.2) is 9.98 Å². The Morgan fingerprint density at radius 2 is 1.84 bits per heavy atom. The van der Waals surface area contributed by atoms with E-state index in [9.17, 15) is 22.7 Å². The first-order chi connectivity index (χ1) is 14.4. The Balaban J connectivity index is 2.47. The van der Waals surface area contributed by atoms with Gasteiger partial charge in [-0.05, 0) is 32.9 Å². The summed E-state index contributed by atoms with van der Waals surface area (Å²) in [5, 5.41) is 15.4. The van der Waals surface area contributed by atoms with Crippen molar-refractivity contribution in [2.24, 2.45) is 4.99 Å². The Labute approximate surface area is 175 Å². The molecule has 2 heterocycles. The van der Waals surface area contributed by atoms with Gasteiger partial charge in [0.25, 0.3) is 0 Å². The van der Waals surface area contributed by atoms with Crippen LogP contribution in [0.2, 0.25) is 0 Å². The summed E-state index contributed by atoms with van der Waals surface area (Å²) >= 11 is 0. The van der Waals surface area contributed by atoms with Crippen molar-refractivity contribution >= 4 is 17.9 Å². The molecule has 31 heavy (non-hydrogen) atoms. The first kappa shape index (κ1) is 23.9. The van der Waals surface area contributed by atoms with Crippen LogP contribution in [-0.2, 0) is 6.18 Å². The van der Waals surface area contributed by atoms with E-state index >= 15 is 0 Å². The van der Waals surface area contributed by atoms with E-state index < -0.39 is 23.4 Å². The molecule has 2 rings (SSSR count). The number of aliphatic hydroxyl groups is 1. The topological polar surface area (TPSA) is 108 Å². The number of anilines is 2. The Morgan fingerprint density at radius 1 is 1.16 bits per heavy atom. The number of pyridine rings is 1. The van der Waals surface area contributed by atoms with Crippen molar-refractivity contribution in [3.63, 3.8) is 0 Å². The zero-order valence-corrected chi connectivity index (χ0v) is 17.0. The van der Waals surface area contributed by atoms with Gasteiger partial charge in [0.05, 0.1) is 5.60 Å². The molecule has 0 aliphatic rings. The number of rotatable bonds is 8. The quantitative estimate of drug-likeness (QED) is 0.422. The number of nitrogens with zero attached hydrogens (tertiary/aromatic N) is 5. The smallest absolute Gasteiger partial charge is 0.389 e. The van der Waals surface area contributed by atoms with Crippen molar-refractivity contribution in [2.75, 3.05) is 17.2 Å². The molecule has 0 saturated heterocycles. The van der Waals surface area contributed by atoms with Gasteiger partial charge in [-0.15, -0.1) is 0 Å². The minimum absolute atomic E-state index is 0.0260. The lowest BCUT2D eigenvalue weighted by Gasteiger charge is -2.18. The number of hydrogen-bond donors (Lipinski definition) is 3. The second kappa shape index (κ2) is 9.60. The Morgan fingerprint density at radius 3 is 2.45 bits per heavy atom. The molecule has 0 amide bonds. The molecule has 0 spiro atoms. The number of alkyl halides is 3. The molecule has 0 bridgehead atoms. The van der Waals surface area contributed by atoms with Crippen LogP contribution >= 0.6 is 0 Å². The van der Waals surface area contributed by atoms with Gasteiger partial charge in [0.15, 0.2) is 5.82 Å². The molecule has 0 aliphatic carbocycles. The third-order valence-electron chi connectivity index (χ3n) is 3.44. The highest BCUT2D eigenvalue weighted by Crippen LogP contribution is 2.29. The van der Waals surface area contributed by atoms with E-state index in [4.69, 9.17) is 0 Å². The molecule has 166 valence electrons. The minimum Gasteiger partial charge on any atom is -0.389 e. The fraction of sp³-hybridized carbons (Fsp3) is 0.316. The summed E-state index contributed by atoms with van der Waals surface area (Å²) < 4.78 is 52.6. The second-order valence-corrected chi connectivity index (χ2v) is 6.96. The summed E-state index contributed by atoms with van der Waals surface area (Å²) in [7, 11) is 0. The standard InChI is InChI=1S/C19H21F4N7O/c1-5-24-14(20)9-11(2)26-17-29-15(28-16(30-17)25-10-18(3,4)31)12-7-6-8-13(27-12)19(21,22)23/h5-9,31H,1,10H2,2-4H3,(H2,25,26,28,29,30)/b11-9+,24-14?. The van der Waals surface area contributed by atoms with Crippen LogP contribution in [0.25, 0.3) is 11.5 Å². The molecule has 0 aliphatic heterocycles. The fourth-order valence-corrected chi connectivity index (χ4v) is 2.15. The molecule has 0 radical (unpaired) electrons. The summed E-state index contributed by atoms with van der Waals surface area (Å²) in [6.07, 6.45) is -2.57. The van der Waals surface area contributed by atoms with E-state index in [2.05, 4.69) is 42.1 Å². The zero-order chi connectivity index (χ0) is 23.2. The fourth-order valence-electron chi connectivity index (χ4n) is 2.15. The lowest BCUT2D eigenvalue weighted by atomic mass is 10.1. The first-order valence-electron chi connectivity index (χ1n) is 8.94. The number of hydrogen-bond acceptors (Lipinski definition) is 8. The Bertz CT molecular complexity index is 997. The molecule has 2 aromatic heterocycles. The predicted octanol–water partition coefficient (Wildman–Crippen LogP) is 3.96. The van der Waals surface area contributed by atoms with Crippen LogP contribution in [0.5, 0.6) is 0 Å². The number of aliphatic imine (C=N–C) groups is 1. The van der Waals surface area contributed by atoms with Crippen molar-refractivity contribution in [3.05, 3.63) is 48.4 Å². The molecule has 0 fully saturated rings. The third kappa shape index (κ3) is 7.74. The van der Waals surface area contributed by atoms with Crippen molar-refractivity contribution in [1.29, 1.82) is 0 Å². The third-order valence-corrected chi connectivity index (χ3v) is 3.44. The normalized spacial score (nSPS) is 13.2. The van der Waals surface area contributed by atoms with Crippen LogP contribution in [0.3, 0.4) is 0 Å². The predicted molar refractivity (Wildman–Crippen MR) is 109 cm³/mol. The van der Waals surface area contributed by atoms with Gasteiger partial charge in [-0.2, -0.15) is 32.5 Å². The van der Waals surface area contributed by atoms with E-state index in [-0.39, 0.29) is 35.7 Å². The molecule has 12 heteroatoms. The maximum Gasteiger partial charge on any atom is 0.433 e. The monoisotopic (exact) mass is 439 g/mol. The van der Waals surface area contributed by atoms with E-state index in [0.717, 1.165) is 18.3 Å². The molecule has 3 N–H and O–H groups in total. The lowest BCUT2D eigenvalue weighted by molar-refractivity contribution is -0.141. The van der Waals surface area contributed by atoms with Crippen molar-refractivity contribution in [1.82, 2.24) is 19.9 Å². The number of allylic oxidation sites excluding steroid dienone is 2. The van der Waals surface area contributed by atoms with Crippen LogP contribution in [0.4, 0.5) is 29.5 Å². The van der Waals surface area contributed by atoms with Crippen LogP contribution in [0, 0.1) is 0 Å². The van der Waals surface area contributed by atoms with Crippen LogP contribution < -0.4 is 10.6 Å². The summed E-state index contributed by atoms with van der Waals surface area (Å²) in [6.45, 7) is 7.93. The Kier molecular flexibility index (Phi) is 7.39. The summed E-state index contributed by atoms with van der Waals surface area (Å²) in [6, 6.07) is 3.32. The number of aromatic nitrogens is 4. The van der Waals surface area contributed by atoms with Gasteiger partial charge in [-0.1, -0.05) is 12.6 Å². The minimum atomic E-state index is -4.65. The highest BCUT2D eigenvalue weighted by molar-refractivity contribution is 5.88. The summed E-state index contributed by atoms with van der Waals surface area (Å²) in [5.74, 6) is -1.09. The van der Waals surface area contributed by atoms with Gasteiger partial charge < -0.3 is 15.7 Å². The highest BCUT2D eigenvalue weighted by atomic mass is 19.4. The van der Waals surface area contributed by atoms with Crippen LogP contribution in [0.1, 0.15) is 26.5 Å².